The molecule has 0 saturated heterocycles. The van der Waals surface area contributed by atoms with Crippen molar-refractivity contribution in [2.45, 2.75) is 32.8 Å². The fourth-order valence-electron chi connectivity index (χ4n) is 2.78. The van der Waals surface area contributed by atoms with Gasteiger partial charge in [-0.15, -0.1) is 13.2 Å². The van der Waals surface area contributed by atoms with Crippen molar-refractivity contribution < 1.29 is 18.3 Å². The van der Waals surface area contributed by atoms with Gasteiger partial charge >= 0.3 is 23.7 Å². The molecule has 0 aliphatic carbocycles. The largest absolute Gasteiger partial charge is 0.435 e. The Hall–Kier alpha value is -3.76. The molecule has 0 saturated carbocycles. The highest BCUT2D eigenvalue weighted by Crippen LogP contribution is 2.15. The molecule has 1 aromatic heterocycles. The Balaban J connectivity index is 2.27. The number of carbonyl (C=O) groups is 1. The Bertz CT molecular complexity index is 1080. The molecule has 0 aliphatic rings. The molecule has 0 aliphatic heterocycles. The smallest absolute Gasteiger partial charge is 0.387 e. The number of nitrogens with zero attached hydrogens (tertiary/aromatic N) is 4. The van der Waals surface area contributed by atoms with Gasteiger partial charge in [0.15, 0.2) is 0 Å². The fourth-order valence-corrected chi connectivity index (χ4v) is 2.78. The summed E-state index contributed by atoms with van der Waals surface area (Å²) in [5.74, 6) is -0.590. The van der Waals surface area contributed by atoms with E-state index in [4.69, 9.17) is 0 Å². The molecule has 2 rings (SSSR count). The van der Waals surface area contributed by atoms with Gasteiger partial charge in [-0.2, -0.15) is 8.78 Å². The van der Waals surface area contributed by atoms with Gasteiger partial charge in [-0.1, -0.05) is 24.3 Å². The summed E-state index contributed by atoms with van der Waals surface area (Å²) < 4.78 is 31.0. The molecule has 11 heteroatoms. The van der Waals surface area contributed by atoms with Crippen molar-refractivity contribution in [1.29, 1.82) is 0 Å². The molecule has 0 spiro atoms. The lowest BCUT2D eigenvalue weighted by Crippen LogP contribution is -2.55. The number of hydrogen-bond donors (Lipinski definition) is 0. The molecular formula is C20H22F2N4O5. The Morgan fingerprint density at radius 1 is 1.00 bits per heavy atom. The van der Waals surface area contributed by atoms with E-state index in [1.165, 1.54) is 48.4 Å². The van der Waals surface area contributed by atoms with Gasteiger partial charge in [0.1, 0.15) is 12.3 Å². The van der Waals surface area contributed by atoms with Crippen LogP contribution in [0.1, 0.15) is 5.56 Å². The number of alkyl halides is 2. The average molecular weight is 436 g/mol. The van der Waals surface area contributed by atoms with Gasteiger partial charge in [0.25, 0.3) is 0 Å². The monoisotopic (exact) mass is 436 g/mol. The van der Waals surface area contributed by atoms with Crippen LogP contribution in [0, 0.1) is 0 Å². The van der Waals surface area contributed by atoms with Crippen LogP contribution < -0.4 is 21.8 Å². The van der Waals surface area contributed by atoms with Crippen molar-refractivity contribution in [2.24, 2.45) is 0 Å². The number of carbonyl (C=O) groups excluding carboxylic acids is 1. The number of ether oxygens (including phenoxy) is 1. The van der Waals surface area contributed by atoms with E-state index >= 15 is 0 Å². The van der Waals surface area contributed by atoms with Crippen molar-refractivity contribution >= 4 is 5.91 Å². The summed E-state index contributed by atoms with van der Waals surface area (Å²) >= 11 is 0. The van der Waals surface area contributed by atoms with Crippen LogP contribution in [-0.4, -0.2) is 38.2 Å². The number of rotatable bonds is 10. The third-order valence-electron chi connectivity index (χ3n) is 4.30. The second-order valence-electron chi connectivity index (χ2n) is 6.50. The predicted molar refractivity (Wildman–Crippen MR) is 109 cm³/mol. The van der Waals surface area contributed by atoms with E-state index in [-0.39, 0.29) is 25.4 Å². The van der Waals surface area contributed by atoms with E-state index in [2.05, 4.69) is 17.9 Å². The van der Waals surface area contributed by atoms with Crippen LogP contribution in [0.5, 0.6) is 5.75 Å². The molecule has 0 radical (unpaired) electrons. The summed E-state index contributed by atoms with van der Waals surface area (Å²) in [6.45, 7) is 3.26. The van der Waals surface area contributed by atoms with Crippen LogP contribution in [-0.2, 0) is 31.0 Å². The summed E-state index contributed by atoms with van der Waals surface area (Å²) in [5, 5.41) is 0. The van der Waals surface area contributed by atoms with Gasteiger partial charge in [-0.25, -0.2) is 28.1 Å². The Morgan fingerprint density at radius 2 is 1.48 bits per heavy atom. The number of allylic oxidation sites excluding steroid dienone is 2. The quantitative estimate of drug-likeness (QED) is 0.514. The van der Waals surface area contributed by atoms with Gasteiger partial charge < -0.3 is 9.64 Å². The van der Waals surface area contributed by atoms with Crippen LogP contribution in [0.2, 0.25) is 0 Å². The number of amides is 1. The first kappa shape index (κ1) is 23.5. The molecule has 166 valence electrons. The first-order valence-corrected chi connectivity index (χ1v) is 9.13. The summed E-state index contributed by atoms with van der Waals surface area (Å²) in [4.78, 5) is 51.4. The highest BCUT2D eigenvalue weighted by atomic mass is 19.3. The molecule has 0 bridgehead atoms. The van der Waals surface area contributed by atoms with E-state index < -0.39 is 36.1 Å². The van der Waals surface area contributed by atoms with Gasteiger partial charge in [0.2, 0.25) is 5.91 Å². The minimum atomic E-state index is -2.94. The number of benzene rings is 1. The summed E-state index contributed by atoms with van der Waals surface area (Å²) in [7, 11) is 1.46. The third-order valence-corrected chi connectivity index (χ3v) is 4.30. The summed E-state index contributed by atoms with van der Waals surface area (Å²) in [6.07, 6.45) is 2.65. The van der Waals surface area contributed by atoms with Crippen molar-refractivity contribution in [3.05, 3.63) is 86.6 Å². The van der Waals surface area contributed by atoms with Gasteiger partial charge in [-0.05, 0) is 17.7 Å². The maximum atomic E-state index is 12.6. The number of aromatic nitrogens is 3. The van der Waals surface area contributed by atoms with Crippen molar-refractivity contribution in [3.63, 3.8) is 0 Å². The van der Waals surface area contributed by atoms with Gasteiger partial charge in [-0.3, -0.25) is 4.79 Å². The minimum absolute atomic E-state index is 0.0217. The zero-order valence-corrected chi connectivity index (χ0v) is 16.9. The zero-order valence-electron chi connectivity index (χ0n) is 16.9. The van der Waals surface area contributed by atoms with Crippen molar-refractivity contribution in [1.82, 2.24) is 18.6 Å². The van der Waals surface area contributed by atoms with E-state index in [9.17, 15) is 28.0 Å². The Morgan fingerprint density at radius 3 is 1.94 bits per heavy atom. The highest BCUT2D eigenvalue weighted by Gasteiger charge is 2.18. The molecule has 9 nitrogen and oxygen atoms in total. The number of halogens is 2. The van der Waals surface area contributed by atoms with Crippen LogP contribution in [0.3, 0.4) is 0 Å². The molecule has 2 aromatic rings. The van der Waals surface area contributed by atoms with E-state index in [1.54, 1.807) is 0 Å². The average Bonchev–Trinajstić information content (AvgIpc) is 2.72. The molecule has 1 heterocycles. The minimum Gasteiger partial charge on any atom is -0.435 e. The molecule has 31 heavy (non-hydrogen) atoms. The maximum absolute atomic E-state index is 12.6. The van der Waals surface area contributed by atoms with Gasteiger partial charge in [0.05, 0.1) is 13.1 Å². The van der Waals surface area contributed by atoms with Crippen molar-refractivity contribution in [2.75, 3.05) is 7.05 Å². The van der Waals surface area contributed by atoms with Gasteiger partial charge in [0, 0.05) is 13.6 Å². The maximum Gasteiger partial charge on any atom is 0.387 e. The molecule has 0 N–H and O–H groups in total. The Labute approximate surface area is 175 Å². The van der Waals surface area contributed by atoms with Crippen LogP contribution in [0.4, 0.5) is 8.78 Å². The lowest BCUT2D eigenvalue weighted by atomic mass is 10.2. The normalized spacial score (nSPS) is 10.7. The molecule has 1 aromatic carbocycles. The second kappa shape index (κ2) is 10.3. The first-order valence-electron chi connectivity index (χ1n) is 9.13. The standard InChI is InChI=1S/C20H22F2N4O5/c1-4-10-24-18(28)25(11-5-2)20(30)26(19(24)29)13-16(27)23(3)12-14-6-8-15(9-7-14)31-17(21)22/h4-9,17H,1-2,10-13H2,3H3. The summed E-state index contributed by atoms with van der Waals surface area (Å²) in [5.41, 5.74) is -2.06. The molecule has 0 fully saturated rings. The van der Waals surface area contributed by atoms with E-state index in [0.717, 1.165) is 9.13 Å². The van der Waals surface area contributed by atoms with Crippen LogP contribution >= 0.6 is 0 Å². The zero-order chi connectivity index (χ0) is 23.1. The Kier molecular flexibility index (Phi) is 7.83. The molecule has 0 unspecified atom stereocenters. The number of hydrogen-bond acceptors (Lipinski definition) is 5. The van der Waals surface area contributed by atoms with Crippen molar-refractivity contribution in [3.8, 4) is 5.75 Å². The van der Waals surface area contributed by atoms with E-state index in [0.29, 0.717) is 10.1 Å². The predicted octanol–water partition coefficient (Wildman–Crippen LogP) is 0.804. The SMILES string of the molecule is C=CCn1c(=O)n(CC=C)c(=O)n(CC(=O)N(C)Cc2ccc(OC(F)F)cc2)c1=O. The van der Waals surface area contributed by atoms with Crippen LogP contribution in [0.15, 0.2) is 64.0 Å². The molecule has 0 atom stereocenters. The van der Waals surface area contributed by atoms with E-state index in [1.807, 2.05) is 0 Å². The third kappa shape index (κ3) is 5.65. The summed E-state index contributed by atoms with van der Waals surface area (Å²) in [6, 6.07) is 5.69. The lowest BCUT2D eigenvalue weighted by molar-refractivity contribution is -0.131. The van der Waals surface area contributed by atoms with Crippen LogP contribution in [0.25, 0.3) is 0 Å². The lowest BCUT2D eigenvalue weighted by Gasteiger charge is -2.19. The molecule has 1 amide bonds. The topological polar surface area (TPSA) is 95.5 Å². The second-order valence-corrected chi connectivity index (χ2v) is 6.50. The first-order chi connectivity index (χ1) is 14.7. The fraction of sp³-hybridized carbons (Fsp3) is 0.300. The molecular weight excluding hydrogens is 414 g/mol. The highest BCUT2D eigenvalue weighted by molar-refractivity contribution is 5.75. The number of likely N-dealkylation sites (N-methyl/N-ethyl adjacent to an activating group) is 1.